The topological polar surface area (TPSA) is 115 Å². The summed E-state index contributed by atoms with van der Waals surface area (Å²) < 4.78 is 15.0. The number of aliphatic hydroxyl groups is 2. The van der Waals surface area contributed by atoms with Crippen molar-refractivity contribution in [3.63, 3.8) is 0 Å². The number of rotatable bonds is 3. The summed E-state index contributed by atoms with van der Waals surface area (Å²) in [6, 6.07) is 9.24. The van der Waals surface area contributed by atoms with E-state index in [-0.39, 0.29) is 16.9 Å². The second-order valence-electron chi connectivity index (χ2n) is 4.96. The zero-order valence-corrected chi connectivity index (χ0v) is 12.1. The summed E-state index contributed by atoms with van der Waals surface area (Å²) >= 11 is 0. The van der Waals surface area contributed by atoms with Crippen molar-refractivity contribution in [1.29, 1.82) is 5.26 Å². The predicted octanol–water partition coefficient (Wildman–Crippen LogP) is 1.22. The molecule has 1 aromatic carbocycles. The zero-order valence-electron chi connectivity index (χ0n) is 12.1. The smallest absolute Gasteiger partial charge is 0.280 e. The van der Waals surface area contributed by atoms with E-state index in [4.69, 9.17) is 15.5 Å². The number of halogens is 1. The standard InChI is InChI=1S/C16H11FN4O3/c17-13-5-11(16(23)24)7-19-14(13)21-15(22)12(8-20-21)10-3-1-9(6-18)2-4-10/h1-5,7-8,16,20,23-24H. The van der Waals surface area contributed by atoms with Crippen LogP contribution in [-0.4, -0.2) is 25.0 Å². The van der Waals surface area contributed by atoms with Crippen molar-refractivity contribution in [2.45, 2.75) is 6.29 Å². The fraction of sp³-hybridized carbons (Fsp3) is 0.0625. The third-order valence-corrected chi connectivity index (χ3v) is 3.45. The molecule has 0 saturated heterocycles. The molecule has 2 heterocycles. The Hall–Kier alpha value is -3.28. The van der Waals surface area contributed by atoms with Gasteiger partial charge in [0.1, 0.15) is 0 Å². The number of hydrogen-bond acceptors (Lipinski definition) is 5. The van der Waals surface area contributed by atoms with Crippen LogP contribution < -0.4 is 5.56 Å². The van der Waals surface area contributed by atoms with Gasteiger partial charge in [0.2, 0.25) is 0 Å². The van der Waals surface area contributed by atoms with E-state index in [1.165, 1.54) is 6.20 Å². The maximum Gasteiger partial charge on any atom is 0.280 e. The number of nitrogens with one attached hydrogen (secondary N) is 1. The van der Waals surface area contributed by atoms with E-state index in [9.17, 15) is 9.18 Å². The molecular formula is C16H11FN4O3. The molecule has 0 aliphatic carbocycles. The van der Waals surface area contributed by atoms with Crippen molar-refractivity contribution in [3.8, 4) is 23.0 Å². The Morgan fingerprint density at radius 2 is 2.00 bits per heavy atom. The fourth-order valence-corrected chi connectivity index (χ4v) is 2.21. The summed E-state index contributed by atoms with van der Waals surface area (Å²) in [7, 11) is 0. The summed E-state index contributed by atoms with van der Waals surface area (Å²) in [4.78, 5) is 16.2. The summed E-state index contributed by atoms with van der Waals surface area (Å²) in [6.07, 6.45) is 0.618. The van der Waals surface area contributed by atoms with Gasteiger partial charge in [-0.15, -0.1) is 0 Å². The van der Waals surface area contributed by atoms with E-state index >= 15 is 0 Å². The molecule has 24 heavy (non-hydrogen) atoms. The summed E-state index contributed by atoms with van der Waals surface area (Å²) in [6.45, 7) is 0. The lowest BCUT2D eigenvalue weighted by Crippen LogP contribution is -2.18. The zero-order chi connectivity index (χ0) is 17.3. The lowest BCUT2D eigenvalue weighted by molar-refractivity contribution is -0.0429. The highest BCUT2D eigenvalue weighted by Crippen LogP contribution is 2.18. The van der Waals surface area contributed by atoms with E-state index < -0.39 is 17.7 Å². The molecule has 0 unspecified atom stereocenters. The summed E-state index contributed by atoms with van der Waals surface area (Å²) in [5.74, 6) is -1.17. The van der Waals surface area contributed by atoms with Gasteiger partial charge in [-0.05, 0) is 23.8 Å². The van der Waals surface area contributed by atoms with Gasteiger partial charge in [0.25, 0.3) is 5.56 Å². The number of benzene rings is 1. The highest BCUT2D eigenvalue weighted by Gasteiger charge is 2.16. The summed E-state index contributed by atoms with van der Waals surface area (Å²) in [5, 5.41) is 29.4. The minimum absolute atomic E-state index is 0.122. The third-order valence-electron chi connectivity index (χ3n) is 3.45. The van der Waals surface area contributed by atoms with Gasteiger partial charge in [0.05, 0.1) is 17.2 Å². The molecule has 3 N–H and O–H groups in total. The molecule has 0 aliphatic heterocycles. The van der Waals surface area contributed by atoms with Crippen LogP contribution in [0.2, 0.25) is 0 Å². The Bertz CT molecular complexity index is 984. The Morgan fingerprint density at radius 1 is 1.29 bits per heavy atom. The van der Waals surface area contributed by atoms with Crippen LogP contribution in [0, 0.1) is 17.1 Å². The van der Waals surface area contributed by atoms with Crippen LogP contribution >= 0.6 is 0 Å². The average Bonchev–Trinajstić information content (AvgIpc) is 2.96. The second-order valence-corrected chi connectivity index (χ2v) is 4.96. The SMILES string of the molecule is N#Cc1ccc(-c2c[nH]n(-c3ncc(C(O)O)cc3F)c2=O)cc1. The molecule has 0 fully saturated rings. The van der Waals surface area contributed by atoms with Crippen molar-refractivity contribution in [3.05, 3.63) is 70.0 Å². The van der Waals surface area contributed by atoms with Gasteiger partial charge in [-0.25, -0.2) is 9.37 Å². The summed E-state index contributed by atoms with van der Waals surface area (Å²) in [5.41, 5.74) is 0.663. The molecule has 0 saturated carbocycles. The first kappa shape index (κ1) is 15.6. The van der Waals surface area contributed by atoms with Crippen LogP contribution in [-0.2, 0) is 0 Å². The molecule has 0 atom stereocenters. The molecule has 0 bridgehead atoms. The number of pyridine rings is 1. The first-order valence-corrected chi connectivity index (χ1v) is 6.84. The number of hydrogen-bond donors (Lipinski definition) is 3. The number of nitrogens with zero attached hydrogens (tertiary/aromatic N) is 3. The molecule has 7 nitrogen and oxygen atoms in total. The Morgan fingerprint density at radius 3 is 2.58 bits per heavy atom. The van der Waals surface area contributed by atoms with E-state index in [0.29, 0.717) is 11.1 Å². The fourth-order valence-electron chi connectivity index (χ4n) is 2.21. The third kappa shape index (κ3) is 2.69. The van der Waals surface area contributed by atoms with Crippen LogP contribution in [0.1, 0.15) is 17.4 Å². The van der Waals surface area contributed by atoms with Crippen LogP contribution in [0.5, 0.6) is 0 Å². The quantitative estimate of drug-likeness (QED) is 0.626. The Balaban J connectivity index is 2.04. The molecule has 0 aliphatic rings. The number of nitriles is 1. The number of H-pyrrole nitrogens is 1. The lowest BCUT2D eigenvalue weighted by Gasteiger charge is -2.06. The normalized spacial score (nSPS) is 10.8. The van der Waals surface area contributed by atoms with Crippen molar-refractivity contribution < 1.29 is 14.6 Å². The largest absolute Gasteiger partial charge is 0.364 e. The maximum atomic E-state index is 14.1. The monoisotopic (exact) mass is 326 g/mol. The predicted molar refractivity (Wildman–Crippen MR) is 81.5 cm³/mol. The maximum absolute atomic E-state index is 14.1. The molecule has 0 radical (unpaired) electrons. The molecule has 2 aromatic heterocycles. The van der Waals surface area contributed by atoms with Gasteiger partial charge in [-0.1, -0.05) is 12.1 Å². The van der Waals surface area contributed by atoms with Crippen molar-refractivity contribution in [2.75, 3.05) is 0 Å². The van der Waals surface area contributed by atoms with E-state index in [1.54, 1.807) is 24.3 Å². The van der Waals surface area contributed by atoms with Crippen LogP contribution in [0.4, 0.5) is 4.39 Å². The molecule has 8 heteroatoms. The van der Waals surface area contributed by atoms with Crippen LogP contribution in [0.15, 0.2) is 47.5 Å². The van der Waals surface area contributed by atoms with Gasteiger partial charge in [-0.3, -0.25) is 9.89 Å². The van der Waals surface area contributed by atoms with Crippen LogP contribution in [0.25, 0.3) is 16.9 Å². The van der Waals surface area contributed by atoms with Gasteiger partial charge in [-0.2, -0.15) is 9.94 Å². The van der Waals surface area contributed by atoms with Gasteiger partial charge in [0.15, 0.2) is 17.9 Å². The molecule has 3 aromatic rings. The molecular weight excluding hydrogens is 315 g/mol. The molecule has 3 rings (SSSR count). The molecule has 0 spiro atoms. The minimum atomic E-state index is -1.85. The number of aliphatic hydroxyl groups excluding tert-OH is 1. The first-order valence-electron chi connectivity index (χ1n) is 6.84. The van der Waals surface area contributed by atoms with Gasteiger partial charge < -0.3 is 10.2 Å². The number of aromatic amines is 1. The van der Waals surface area contributed by atoms with E-state index in [2.05, 4.69) is 10.1 Å². The van der Waals surface area contributed by atoms with Gasteiger partial charge in [0, 0.05) is 18.0 Å². The van der Waals surface area contributed by atoms with Gasteiger partial charge >= 0.3 is 0 Å². The Kier molecular flexibility index (Phi) is 3.95. The Labute approximate surface area is 134 Å². The highest BCUT2D eigenvalue weighted by molar-refractivity contribution is 5.63. The minimum Gasteiger partial charge on any atom is -0.364 e. The number of aromatic nitrogens is 3. The first-order chi connectivity index (χ1) is 11.5. The second kappa shape index (κ2) is 6.08. The van der Waals surface area contributed by atoms with Crippen molar-refractivity contribution >= 4 is 0 Å². The lowest BCUT2D eigenvalue weighted by atomic mass is 10.1. The van der Waals surface area contributed by atoms with E-state index in [0.717, 1.165) is 16.9 Å². The van der Waals surface area contributed by atoms with Crippen molar-refractivity contribution in [2.24, 2.45) is 0 Å². The van der Waals surface area contributed by atoms with Crippen LogP contribution in [0.3, 0.4) is 0 Å². The van der Waals surface area contributed by atoms with E-state index in [1.807, 2.05) is 6.07 Å². The highest BCUT2D eigenvalue weighted by atomic mass is 19.1. The molecule has 0 amide bonds. The average molecular weight is 326 g/mol. The van der Waals surface area contributed by atoms with Crippen molar-refractivity contribution in [1.82, 2.24) is 14.8 Å². The molecule has 120 valence electrons.